The zero-order valence-electron chi connectivity index (χ0n) is 12.7. The van der Waals surface area contributed by atoms with Gasteiger partial charge in [-0.25, -0.2) is 4.98 Å². The Labute approximate surface area is 134 Å². The van der Waals surface area contributed by atoms with Crippen molar-refractivity contribution in [3.8, 4) is 11.8 Å². The molecule has 23 heavy (non-hydrogen) atoms. The molecule has 0 fully saturated rings. The second-order valence-electron chi connectivity index (χ2n) is 5.52. The molecule has 0 aliphatic heterocycles. The number of aryl methyl sites for hydroxylation is 1. The minimum atomic E-state index is 0.760. The van der Waals surface area contributed by atoms with Crippen LogP contribution in [0, 0.1) is 18.8 Å². The molecule has 2 aromatic carbocycles. The summed E-state index contributed by atoms with van der Waals surface area (Å²) in [6, 6.07) is 20.3. The smallest absolute Gasteiger partial charge is 0.114 e. The molecule has 0 aliphatic rings. The molecular formula is C21H14N2. The predicted octanol–water partition coefficient (Wildman–Crippen LogP) is 4.49. The van der Waals surface area contributed by atoms with Crippen molar-refractivity contribution < 1.29 is 0 Å². The van der Waals surface area contributed by atoms with Crippen LogP contribution in [0.1, 0.15) is 16.8 Å². The van der Waals surface area contributed by atoms with Gasteiger partial charge in [0, 0.05) is 22.5 Å². The van der Waals surface area contributed by atoms with E-state index in [-0.39, 0.29) is 0 Å². The zero-order chi connectivity index (χ0) is 15.6. The molecule has 2 heterocycles. The molecule has 0 atom stereocenters. The number of rotatable bonds is 0. The lowest BCUT2D eigenvalue weighted by atomic mass is 10.1. The van der Waals surface area contributed by atoms with Crippen molar-refractivity contribution in [3.05, 3.63) is 83.7 Å². The average molecular weight is 294 g/mol. The van der Waals surface area contributed by atoms with E-state index in [0.29, 0.717) is 0 Å². The van der Waals surface area contributed by atoms with Gasteiger partial charge in [-0.05, 0) is 43.2 Å². The summed E-state index contributed by atoms with van der Waals surface area (Å²) in [5.41, 5.74) is 4.81. The molecular weight excluding hydrogens is 280 g/mol. The summed E-state index contributed by atoms with van der Waals surface area (Å²) in [5.74, 6) is 6.32. The van der Waals surface area contributed by atoms with Crippen LogP contribution in [0.15, 0.2) is 66.9 Å². The van der Waals surface area contributed by atoms with Gasteiger partial charge >= 0.3 is 0 Å². The number of fused-ring (bicyclic) bond motifs is 3. The Morgan fingerprint density at radius 1 is 0.739 bits per heavy atom. The molecule has 0 radical (unpaired) electrons. The highest BCUT2D eigenvalue weighted by Gasteiger charge is 2.03. The standard InChI is InChI=1S/C21H14N2/c1-15-4-6-16(7-5-15)8-12-19-13-11-18-10-9-17-3-2-14-22-20(17)21(18)23-19/h2-7,9-11,13-14H,1H3. The summed E-state index contributed by atoms with van der Waals surface area (Å²) in [6.07, 6.45) is 1.80. The van der Waals surface area contributed by atoms with E-state index in [9.17, 15) is 0 Å². The molecule has 2 heteroatoms. The summed E-state index contributed by atoms with van der Waals surface area (Å²) in [7, 11) is 0. The molecule has 2 nitrogen and oxygen atoms in total. The topological polar surface area (TPSA) is 25.8 Å². The van der Waals surface area contributed by atoms with Crippen LogP contribution >= 0.6 is 0 Å². The van der Waals surface area contributed by atoms with Gasteiger partial charge in [0.25, 0.3) is 0 Å². The fraction of sp³-hybridized carbons (Fsp3) is 0.0476. The first kappa shape index (κ1) is 13.5. The van der Waals surface area contributed by atoms with E-state index < -0.39 is 0 Å². The van der Waals surface area contributed by atoms with Gasteiger partial charge in [0.1, 0.15) is 5.69 Å². The average Bonchev–Trinajstić information content (AvgIpc) is 2.61. The summed E-state index contributed by atoms with van der Waals surface area (Å²) < 4.78 is 0. The number of nitrogens with zero attached hydrogens (tertiary/aromatic N) is 2. The number of hydrogen-bond acceptors (Lipinski definition) is 2. The second kappa shape index (κ2) is 5.55. The van der Waals surface area contributed by atoms with E-state index in [1.165, 1.54) is 5.56 Å². The van der Waals surface area contributed by atoms with Gasteiger partial charge in [-0.3, -0.25) is 4.98 Å². The number of pyridine rings is 2. The third kappa shape index (κ3) is 2.65. The lowest BCUT2D eigenvalue weighted by Gasteiger charge is -2.02. The first-order valence-corrected chi connectivity index (χ1v) is 7.53. The van der Waals surface area contributed by atoms with Crippen molar-refractivity contribution in [1.82, 2.24) is 9.97 Å². The minimum absolute atomic E-state index is 0.760. The maximum absolute atomic E-state index is 4.70. The lowest BCUT2D eigenvalue weighted by Crippen LogP contribution is -1.88. The van der Waals surface area contributed by atoms with Crippen LogP contribution < -0.4 is 0 Å². The molecule has 0 saturated heterocycles. The number of benzene rings is 2. The molecule has 0 bridgehead atoms. The van der Waals surface area contributed by atoms with Crippen molar-refractivity contribution in [2.24, 2.45) is 0 Å². The van der Waals surface area contributed by atoms with Crippen molar-refractivity contribution >= 4 is 21.8 Å². The monoisotopic (exact) mass is 294 g/mol. The van der Waals surface area contributed by atoms with E-state index in [4.69, 9.17) is 4.98 Å². The van der Waals surface area contributed by atoms with Gasteiger partial charge in [0.05, 0.1) is 11.0 Å². The molecule has 2 aromatic heterocycles. The predicted molar refractivity (Wildman–Crippen MR) is 94.2 cm³/mol. The van der Waals surface area contributed by atoms with Gasteiger partial charge in [-0.1, -0.05) is 41.8 Å². The van der Waals surface area contributed by atoms with E-state index in [1.807, 2.05) is 30.3 Å². The molecule has 0 saturated carbocycles. The molecule has 4 rings (SSSR count). The lowest BCUT2D eigenvalue weighted by molar-refractivity contribution is 1.34. The fourth-order valence-corrected chi connectivity index (χ4v) is 2.57. The Balaban J connectivity index is 1.82. The first-order valence-electron chi connectivity index (χ1n) is 7.53. The summed E-state index contributed by atoms with van der Waals surface area (Å²) in [6.45, 7) is 2.07. The highest BCUT2D eigenvalue weighted by Crippen LogP contribution is 2.21. The van der Waals surface area contributed by atoms with Gasteiger partial charge in [-0.2, -0.15) is 0 Å². The van der Waals surface area contributed by atoms with Crippen molar-refractivity contribution in [2.45, 2.75) is 6.92 Å². The SMILES string of the molecule is Cc1ccc(C#Cc2ccc3ccc4cccnc4c3n2)cc1. The molecule has 4 aromatic rings. The minimum Gasteiger partial charge on any atom is -0.254 e. The Hall–Kier alpha value is -3.18. The highest BCUT2D eigenvalue weighted by molar-refractivity contribution is 6.02. The van der Waals surface area contributed by atoms with Crippen LogP contribution in [0.5, 0.6) is 0 Å². The molecule has 0 aliphatic carbocycles. The molecule has 0 amide bonds. The van der Waals surface area contributed by atoms with Crippen molar-refractivity contribution in [1.29, 1.82) is 0 Å². The third-order valence-corrected chi connectivity index (χ3v) is 3.82. The van der Waals surface area contributed by atoms with Crippen LogP contribution in [0.25, 0.3) is 21.8 Å². The fourth-order valence-electron chi connectivity index (χ4n) is 2.57. The number of hydrogen-bond donors (Lipinski definition) is 0. The number of aromatic nitrogens is 2. The van der Waals surface area contributed by atoms with E-state index in [2.05, 4.69) is 54.1 Å². The van der Waals surface area contributed by atoms with Crippen molar-refractivity contribution in [3.63, 3.8) is 0 Å². The Morgan fingerprint density at radius 2 is 1.48 bits per heavy atom. The maximum atomic E-state index is 4.70. The second-order valence-corrected chi connectivity index (χ2v) is 5.52. The van der Waals surface area contributed by atoms with Crippen LogP contribution in [0.2, 0.25) is 0 Å². The van der Waals surface area contributed by atoms with Crippen LogP contribution in [0.4, 0.5) is 0 Å². The van der Waals surface area contributed by atoms with Gasteiger partial charge in [0.15, 0.2) is 0 Å². The molecule has 0 spiro atoms. The normalized spacial score (nSPS) is 10.5. The Morgan fingerprint density at radius 3 is 2.30 bits per heavy atom. The zero-order valence-corrected chi connectivity index (χ0v) is 12.7. The first-order chi connectivity index (χ1) is 11.3. The van der Waals surface area contributed by atoms with E-state index in [1.54, 1.807) is 6.20 Å². The molecule has 0 N–H and O–H groups in total. The Kier molecular flexibility index (Phi) is 3.25. The van der Waals surface area contributed by atoms with Crippen LogP contribution in [-0.4, -0.2) is 9.97 Å². The van der Waals surface area contributed by atoms with Crippen LogP contribution in [0.3, 0.4) is 0 Å². The summed E-state index contributed by atoms with van der Waals surface area (Å²) in [4.78, 5) is 9.17. The van der Waals surface area contributed by atoms with E-state index in [0.717, 1.165) is 33.1 Å². The highest BCUT2D eigenvalue weighted by atomic mass is 14.7. The van der Waals surface area contributed by atoms with E-state index >= 15 is 0 Å². The largest absolute Gasteiger partial charge is 0.254 e. The summed E-state index contributed by atoms with van der Waals surface area (Å²) in [5, 5.41) is 2.17. The quantitative estimate of drug-likeness (QED) is 0.353. The molecule has 0 unspecified atom stereocenters. The van der Waals surface area contributed by atoms with Crippen LogP contribution in [-0.2, 0) is 0 Å². The third-order valence-electron chi connectivity index (χ3n) is 3.82. The van der Waals surface area contributed by atoms with Crippen molar-refractivity contribution in [2.75, 3.05) is 0 Å². The maximum Gasteiger partial charge on any atom is 0.114 e. The molecule has 108 valence electrons. The van der Waals surface area contributed by atoms with Gasteiger partial charge < -0.3 is 0 Å². The van der Waals surface area contributed by atoms with Gasteiger partial charge in [-0.15, -0.1) is 0 Å². The Bertz CT molecular complexity index is 1070. The van der Waals surface area contributed by atoms with Gasteiger partial charge in [0.2, 0.25) is 0 Å². The summed E-state index contributed by atoms with van der Waals surface area (Å²) >= 11 is 0.